The second kappa shape index (κ2) is 8.57. The highest BCUT2D eigenvalue weighted by Gasteiger charge is 2.16. The maximum atomic E-state index is 11.6. The van der Waals surface area contributed by atoms with Gasteiger partial charge in [0.1, 0.15) is 11.8 Å². The smallest absolute Gasteiger partial charge is 0.244 e. The fourth-order valence-electron chi connectivity index (χ4n) is 1.59. The SMILES string of the molecule is CCCC(NC(=O)CNC(=O)C=Cc1ccco1)C(N)=O. The lowest BCUT2D eigenvalue weighted by molar-refractivity contribution is -0.128. The molecule has 1 aromatic rings. The van der Waals surface area contributed by atoms with Crippen LogP contribution >= 0.6 is 0 Å². The Morgan fingerprint density at radius 2 is 2.19 bits per heavy atom. The molecule has 21 heavy (non-hydrogen) atoms. The van der Waals surface area contributed by atoms with Crippen LogP contribution in [0.1, 0.15) is 25.5 Å². The Kier molecular flexibility index (Phi) is 6.73. The summed E-state index contributed by atoms with van der Waals surface area (Å²) in [6.07, 6.45) is 5.41. The molecule has 0 aliphatic rings. The quantitative estimate of drug-likeness (QED) is 0.593. The average molecular weight is 293 g/mol. The van der Waals surface area contributed by atoms with Crippen molar-refractivity contribution >= 4 is 23.8 Å². The molecular weight excluding hydrogens is 274 g/mol. The number of rotatable bonds is 8. The third-order valence-corrected chi connectivity index (χ3v) is 2.62. The summed E-state index contributed by atoms with van der Waals surface area (Å²) in [7, 11) is 0. The van der Waals surface area contributed by atoms with Gasteiger partial charge in [0.05, 0.1) is 12.8 Å². The first-order valence-corrected chi connectivity index (χ1v) is 6.61. The van der Waals surface area contributed by atoms with E-state index < -0.39 is 23.8 Å². The minimum Gasteiger partial charge on any atom is -0.465 e. The zero-order valence-corrected chi connectivity index (χ0v) is 11.8. The van der Waals surface area contributed by atoms with Gasteiger partial charge in [-0.1, -0.05) is 13.3 Å². The molecule has 1 rings (SSSR count). The van der Waals surface area contributed by atoms with Crippen molar-refractivity contribution in [1.29, 1.82) is 0 Å². The van der Waals surface area contributed by atoms with Crippen LogP contribution in [0.15, 0.2) is 28.9 Å². The highest BCUT2D eigenvalue weighted by Crippen LogP contribution is 2.01. The van der Waals surface area contributed by atoms with Crippen molar-refractivity contribution in [3.05, 3.63) is 30.2 Å². The highest BCUT2D eigenvalue weighted by atomic mass is 16.3. The molecule has 7 nitrogen and oxygen atoms in total. The normalized spacial score (nSPS) is 12.0. The summed E-state index contributed by atoms with van der Waals surface area (Å²) < 4.78 is 5.02. The minimum atomic E-state index is -0.710. The molecule has 1 aromatic heterocycles. The van der Waals surface area contributed by atoms with Crippen LogP contribution < -0.4 is 16.4 Å². The Balaban J connectivity index is 2.35. The number of carbonyl (C=O) groups is 3. The summed E-state index contributed by atoms with van der Waals surface area (Å²) in [5.41, 5.74) is 5.17. The lowest BCUT2D eigenvalue weighted by Crippen LogP contribution is -2.47. The maximum Gasteiger partial charge on any atom is 0.244 e. The Labute approximate surface area is 122 Å². The van der Waals surface area contributed by atoms with Gasteiger partial charge < -0.3 is 20.8 Å². The van der Waals surface area contributed by atoms with Crippen molar-refractivity contribution in [3.8, 4) is 0 Å². The summed E-state index contributed by atoms with van der Waals surface area (Å²) in [4.78, 5) is 34.2. The molecule has 0 fully saturated rings. The lowest BCUT2D eigenvalue weighted by atomic mass is 10.1. The zero-order chi connectivity index (χ0) is 15.7. The zero-order valence-electron chi connectivity index (χ0n) is 11.8. The predicted octanol–water partition coefficient (Wildman–Crippen LogP) is 0.179. The van der Waals surface area contributed by atoms with Crippen LogP contribution in [0, 0.1) is 0 Å². The first-order valence-electron chi connectivity index (χ1n) is 6.61. The van der Waals surface area contributed by atoms with E-state index in [-0.39, 0.29) is 6.54 Å². The van der Waals surface area contributed by atoms with E-state index in [2.05, 4.69) is 10.6 Å². The van der Waals surface area contributed by atoms with E-state index in [0.29, 0.717) is 18.6 Å². The third kappa shape index (κ3) is 6.42. The molecule has 0 aromatic carbocycles. The Morgan fingerprint density at radius 1 is 1.43 bits per heavy atom. The third-order valence-electron chi connectivity index (χ3n) is 2.62. The van der Waals surface area contributed by atoms with Crippen LogP contribution in [0.4, 0.5) is 0 Å². The van der Waals surface area contributed by atoms with Gasteiger partial charge in [-0.25, -0.2) is 0 Å². The lowest BCUT2D eigenvalue weighted by Gasteiger charge is -2.14. The van der Waals surface area contributed by atoms with Crippen LogP contribution in [-0.2, 0) is 14.4 Å². The number of primary amides is 1. The van der Waals surface area contributed by atoms with Crippen molar-refractivity contribution in [2.24, 2.45) is 5.73 Å². The van der Waals surface area contributed by atoms with E-state index in [4.69, 9.17) is 10.2 Å². The second-order valence-electron chi connectivity index (χ2n) is 4.38. The van der Waals surface area contributed by atoms with Crippen molar-refractivity contribution in [3.63, 3.8) is 0 Å². The maximum absolute atomic E-state index is 11.6. The average Bonchev–Trinajstić information content (AvgIpc) is 2.95. The number of nitrogens with two attached hydrogens (primary N) is 1. The van der Waals surface area contributed by atoms with Gasteiger partial charge in [0.2, 0.25) is 17.7 Å². The first-order chi connectivity index (χ1) is 10.0. The molecule has 7 heteroatoms. The van der Waals surface area contributed by atoms with Crippen LogP contribution in [-0.4, -0.2) is 30.3 Å². The summed E-state index contributed by atoms with van der Waals surface area (Å²) in [5, 5.41) is 4.87. The van der Waals surface area contributed by atoms with E-state index in [1.54, 1.807) is 12.1 Å². The molecule has 4 N–H and O–H groups in total. The van der Waals surface area contributed by atoms with Gasteiger partial charge in [0.25, 0.3) is 0 Å². The van der Waals surface area contributed by atoms with Crippen LogP contribution in [0.25, 0.3) is 6.08 Å². The standard InChI is InChI=1S/C14H19N3O4/c1-2-4-11(14(15)20)17-13(19)9-16-12(18)7-6-10-5-3-8-21-10/h3,5-8,11H,2,4,9H2,1H3,(H2,15,20)(H,16,18)(H,17,19). The number of nitrogens with one attached hydrogen (secondary N) is 2. The Hall–Kier alpha value is -2.57. The second-order valence-corrected chi connectivity index (χ2v) is 4.38. The number of carbonyl (C=O) groups excluding carboxylic acids is 3. The van der Waals surface area contributed by atoms with Crippen LogP contribution in [0.5, 0.6) is 0 Å². The van der Waals surface area contributed by atoms with E-state index in [9.17, 15) is 14.4 Å². The largest absolute Gasteiger partial charge is 0.465 e. The summed E-state index contributed by atoms with van der Waals surface area (Å²) >= 11 is 0. The van der Waals surface area contributed by atoms with Crippen LogP contribution in [0.2, 0.25) is 0 Å². The van der Waals surface area contributed by atoms with Gasteiger partial charge >= 0.3 is 0 Å². The van der Waals surface area contributed by atoms with Crippen molar-refractivity contribution in [1.82, 2.24) is 10.6 Å². The molecule has 1 unspecified atom stereocenters. The molecular formula is C14H19N3O4. The van der Waals surface area contributed by atoms with Gasteiger partial charge in [-0.05, 0) is 24.6 Å². The molecule has 0 saturated heterocycles. The van der Waals surface area contributed by atoms with Gasteiger partial charge in [-0.2, -0.15) is 0 Å². The molecule has 0 saturated carbocycles. The molecule has 0 spiro atoms. The van der Waals surface area contributed by atoms with Gasteiger partial charge in [-0.3, -0.25) is 14.4 Å². The monoisotopic (exact) mass is 293 g/mol. The molecule has 114 valence electrons. The number of amides is 3. The van der Waals surface area contributed by atoms with E-state index in [1.165, 1.54) is 18.4 Å². The number of furan rings is 1. The molecule has 0 aliphatic heterocycles. The summed E-state index contributed by atoms with van der Waals surface area (Å²) in [6.45, 7) is 1.65. The van der Waals surface area contributed by atoms with Gasteiger partial charge in [0.15, 0.2) is 0 Å². The van der Waals surface area contributed by atoms with Crippen molar-refractivity contribution in [2.75, 3.05) is 6.54 Å². The van der Waals surface area contributed by atoms with Gasteiger partial charge in [0, 0.05) is 6.08 Å². The minimum absolute atomic E-state index is 0.227. The molecule has 0 radical (unpaired) electrons. The number of hydrogen-bond donors (Lipinski definition) is 3. The van der Waals surface area contributed by atoms with E-state index in [1.807, 2.05) is 6.92 Å². The van der Waals surface area contributed by atoms with Crippen LogP contribution in [0.3, 0.4) is 0 Å². The summed E-state index contributed by atoms with van der Waals surface area (Å²) in [6, 6.07) is 2.68. The molecule has 1 atom stereocenters. The molecule has 0 bridgehead atoms. The number of hydrogen-bond acceptors (Lipinski definition) is 4. The van der Waals surface area contributed by atoms with Crippen molar-refractivity contribution in [2.45, 2.75) is 25.8 Å². The highest BCUT2D eigenvalue weighted by molar-refractivity contribution is 5.94. The van der Waals surface area contributed by atoms with E-state index >= 15 is 0 Å². The predicted molar refractivity (Wildman–Crippen MR) is 76.8 cm³/mol. The van der Waals surface area contributed by atoms with E-state index in [0.717, 1.165) is 0 Å². The Bertz CT molecular complexity index is 508. The molecule has 1 heterocycles. The first kappa shape index (κ1) is 16.5. The fraction of sp³-hybridized carbons (Fsp3) is 0.357. The molecule has 3 amide bonds. The molecule has 0 aliphatic carbocycles. The fourth-order valence-corrected chi connectivity index (χ4v) is 1.59. The van der Waals surface area contributed by atoms with Gasteiger partial charge in [-0.15, -0.1) is 0 Å². The topological polar surface area (TPSA) is 114 Å². The van der Waals surface area contributed by atoms with Crippen molar-refractivity contribution < 1.29 is 18.8 Å². The summed E-state index contributed by atoms with van der Waals surface area (Å²) in [5.74, 6) is -0.958. The Morgan fingerprint density at radius 3 is 2.76 bits per heavy atom.